The van der Waals surface area contributed by atoms with E-state index in [0.717, 1.165) is 0 Å². The van der Waals surface area contributed by atoms with Gasteiger partial charge in [-0.1, -0.05) is 12.1 Å². The average Bonchev–Trinajstić information content (AvgIpc) is 2.53. The standard InChI is InChI=1S/C16H22O6/c1-10(17)11(7-9-14(18)20-3)12-6-8-13(19-2)16(22-5)15(12)21-4/h6-11,17H,1-5H3/b9-7+. The van der Waals surface area contributed by atoms with Crippen molar-refractivity contribution in [2.75, 3.05) is 28.4 Å². The van der Waals surface area contributed by atoms with Gasteiger partial charge in [0.1, 0.15) is 0 Å². The van der Waals surface area contributed by atoms with Crippen LogP contribution in [-0.4, -0.2) is 45.6 Å². The smallest absolute Gasteiger partial charge is 0.330 e. The maximum absolute atomic E-state index is 11.3. The molecule has 6 nitrogen and oxygen atoms in total. The Morgan fingerprint density at radius 2 is 1.73 bits per heavy atom. The summed E-state index contributed by atoms with van der Waals surface area (Å²) < 4.78 is 20.5. The SMILES string of the molecule is COC(=O)/C=C/C(c1ccc(OC)c(OC)c1OC)C(C)O. The van der Waals surface area contributed by atoms with Gasteiger partial charge in [0.05, 0.1) is 34.5 Å². The van der Waals surface area contributed by atoms with Crippen molar-refractivity contribution in [1.29, 1.82) is 0 Å². The fourth-order valence-corrected chi connectivity index (χ4v) is 2.16. The largest absolute Gasteiger partial charge is 0.493 e. The third-order valence-corrected chi connectivity index (χ3v) is 3.25. The number of aliphatic hydroxyl groups is 1. The number of hydrogen-bond acceptors (Lipinski definition) is 6. The fraction of sp³-hybridized carbons (Fsp3) is 0.438. The second-order valence-electron chi connectivity index (χ2n) is 4.57. The lowest BCUT2D eigenvalue weighted by molar-refractivity contribution is -0.134. The summed E-state index contributed by atoms with van der Waals surface area (Å²) in [6, 6.07) is 3.48. The summed E-state index contributed by atoms with van der Waals surface area (Å²) in [5.41, 5.74) is 0.676. The highest BCUT2D eigenvalue weighted by Crippen LogP contribution is 2.43. The third kappa shape index (κ3) is 3.92. The molecule has 0 aliphatic heterocycles. The van der Waals surface area contributed by atoms with E-state index in [1.165, 1.54) is 34.5 Å². The van der Waals surface area contributed by atoms with Gasteiger partial charge < -0.3 is 24.1 Å². The summed E-state index contributed by atoms with van der Waals surface area (Å²) in [7, 11) is 5.83. The summed E-state index contributed by atoms with van der Waals surface area (Å²) in [5.74, 6) is 0.435. The Kier molecular flexibility index (Phi) is 6.72. The van der Waals surface area contributed by atoms with Crippen molar-refractivity contribution in [2.24, 2.45) is 0 Å². The van der Waals surface area contributed by atoms with E-state index in [2.05, 4.69) is 4.74 Å². The molecule has 1 rings (SSSR count). The highest BCUT2D eigenvalue weighted by atomic mass is 16.5. The first-order valence-corrected chi connectivity index (χ1v) is 6.73. The molecule has 122 valence electrons. The van der Waals surface area contributed by atoms with Gasteiger partial charge >= 0.3 is 5.97 Å². The molecule has 22 heavy (non-hydrogen) atoms. The van der Waals surface area contributed by atoms with Crippen LogP contribution in [0.1, 0.15) is 18.4 Å². The Balaban J connectivity index is 3.36. The minimum absolute atomic E-state index is 0.430. The molecule has 0 saturated carbocycles. The van der Waals surface area contributed by atoms with Crippen LogP contribution >= 0.6 is 0 Å². The molecule has 0 saturated heterocycles. The van der Waals surface area contributed by atoms with Crippen molar-refractivity contribution >= 4 is 5.97 Å². The molecule has 0 amide bonds. The van der Waals surface area contributed by atoms with E-state index in [-0.39, 0.29) is 0 Å². The minimum atomic E-state index is -0.743. The van der Waals surface area contributed by atoms with Crippen LogP contribution < -0.4 is 14.2 Å². The lowest BCUT2D eigenvalue weighted by atomic mass is 9.92. The Labute approximate surface area is 130 Å². The molecule has 1 aromatic carbocycles. The quantitative estimate of drug-likeness (QED) is 0.612. The lowest BCUT2D eigenvalue weighted by Gasteiger charge is -2.22. The van der Waals surface area contributed by atoms with E-state index in [4.69, 9.17) is 14.2 Å². The predicted octanol–water partition coefficient (Wildman–Crippen LogP) is 1.91. The highest BCUT2D eigenvalue weighted by Gasteiger charge is 2.24. The van der Waals surface area contributed by atoms with E-state index >= 15 is 0 Å². The summed E-state index contributed by atoms with van der Waals surface area (Å²) in [6.45, 7) is 1.63. The second-order valence-corrected chi connectivity index (χ2v) is 4.57. The van der Waals surface area contributed by atoms with E-state index in [1.807, 2.05) is 0 Å². The van der Waals surface area contributed by atoms with Crippen LogP contribution in [0, 0.1) is 0 Å². The second kappa shape index (κ2) is 8.29. The van der Waals surface area contributed by atoms with Gasteiger partial charge in [-0.2, -0.15) is 0 Å². The fourth-order valence-electron chi connectivity index (χ4n) is 2.16. The molecular weight excluding hydrogens is 288 g/mol. The Hall–Kier alpha value is -2.21. The number of rotatable bonds is 7. The molecule has 0 heterocycles. The van der Waals surface area contributed by atoms with Crippen LogP contribution in [0.5, 0.6) is 17.2 Å². The predicted molar refractivity (Wildman–Crippen MR) is 81.7 cm³/mol. The summed E-state index contributed by atoms with van der Waals surface area (Å²) in [5, 5.41) is 10.0. The third-order valence-electron chi connectivity index (χ3n) is 3.25. The maximum Gasteiger partial charge on any atom is 0.330 e. The summed E-state index contributed by atoms with van der Waals surface area (Å²) >= 11 is 0. The normalized spacial score (nSPS) is 13.5. The molecule has 2 atom stereocenters. The number of esters is 1. The summed E-state index contributed by atoms with van der Waals surface area (Å²) in [6.07, 6.45) is 2.10. The van der Waals surface area contributed by atoms with Crippen LogP contribution in [0.2, 0.25) is 0 Å². The zero-order valence-electron chi connectivity index (χ0n) is 13.5. The molecule has 0 spiro atoms. The van der Waals surface area contributed by atoms with Crippen LogP contribution in [0.25, 0.3) is 0 Å². The number of ether oxygens (including phenoxy) is 4. The zero-order chi connectivity index (χ0) is 16.7. The molecule has 2 unspecified atom stereocenters. The number of hydrogen-bond donors (Lipinski definition) is 1. The molecule has 1 aromatic rings. The van der Waals surface area contributed by atoms with E-state index in [0.29, 0.717) is 22.8 Å². The van der Waals surface area contributed by atoms with Crippen LogP contribution in [0.15, 0.2) is 24.3 Å². The van der Waals surface area contributed by atoms with Crippen molar-refractivity contribution in [3.8, 4) is 17.2 Å². The first-order valence-electron chi connectivity index (χ1n) is 6.73. The van der Waals surface area contributed by atoms with Gasteiger partial charge in [-0.3, -0.25) is 0 Å². The van der Waals surface area contributed by atoms with Gasteiger partial charge in [-0.15, -0.1) is 0 Å². The molecule has 0 bridgehead atoms. The Bertz CT molecular complexity index is 536. The van der Waals surface area contributed by atoms with Gasteiger partial charge in [0, 0.05) is 17.6 Å². The van der Waals surface area contributed by atoms with Gasteiger partial charge in [0.15, 0.2) is 11.5 Å². The van der Waals surface area contributed by atoms with Crippen molar-refractivity contribution in [3.63, 3.8) is 0 Å². The molecule has 6 heteroatoms. The number of benzene rings is 1. The van der Waals surface area contributed by atoms with Crippen LogP contribution in [0.4, 0.5) is 0 Å². The Morgan fingerprint density at radius 1 is 1.09 bits per heavy atom. The van der Waals surface area contributed by atoms with Crippen molar-refractivity contribution in [2.45, 2.75) is 18.9 Å². The minimum Gasteiger partial charge on any atom is -0.493 e. The van der Waals surface area contributed by atoms with Crippen LogP contribution in [0.3, 0.4) is 0 Å². The number of carbonyl (C=O) groups excluding carboxylic acids is 1. The molecule has 0 fully saturated rings. The highest BCUT2D eigenvalue weighted by molar-refractivity contribution is 5.82. The first kappa shape index (κ1) is 17.8. The maximum atomic E-state index is 11.3. The van der Waals surface area contributed by atoms with E-state index in [1.54, 1.807) is 25.1 Å². The van der Waals surface area contributed by atoms with Crippen molar-refractivity contribution in [3.05, 3.63) is 29.8 Å². The van der Waals surface area contributed by atoms with Gasteiger partial charge in [0.25, 0.3) is 0 Å². The Morgan fingerprint density at radius 3 is 2.18 bits per heavy atom. The lowest BCUT2D eigenvalue weighted by Crippen LogP contribution is -2.14. The summed E-state index contributed by atoms with van der Waals surface area (Å²) in [4.78, 5) is 11.3. The zero-order valence-corrected chi connectivity index (χ0v) is 13.5. The van der Waals surface area contributed by atoms with Crippen molar-refractivity contribution < 1.29 is 28.8 Å². The monoisotopic (exact) mass is 310 g/mol. The van der Waals surface area contributed by atoms with E-state index < -0.39 is 18.0 Å². The van der Waals surface area contributed by atoms with Gasteiger partial charge in [0.2, 0.25) is 5.75 Å². The van der Waals surface area contributed by atoms with E-state index in [9.17, 15) is 9.90 Å². The molecule has 0 aliphatic carbocycles. The number of carbonyl (C=O) groups is 1. The van der Waals surface area contributed by atoms with Crippen molar-refractivity contribution in [1.82, 2.24) is 0 Å². The number of aliphatic hydroxyl groups excluding tert-OH is 1. The number of methoxy groups -OCH3 is 4. The van der Waals surface area contributed by atoms with Gasteiger partial charge in [-0.05, 0) is 13.0 Å². The van der Waals surface area contributed by atoms with Crippen LogP contribution in [-0.2, 0) is 9.53 Å². The molecule has 1 N–H and O–H groups in total. The molecule has 0 aliphatic rings. The molecule has 0 radical (unpaired) electrons. The first-order chi connectivity index (χ1) is 10.5. The topological polar surface area (TPSA) is 74.2 Å². The molecule has 0 aromatic heterocycles. The molecular formula is C16H22O6. The average molecular weight is 310 g/mol. The van der Waals surface area contributed by atoms with Gasteiger partial charge in [-0.25, -0.2) is 4.79 Å².